The lowest BCUT2D eigenvalue weighted by atomic mass is 9.79. The van der Waals surface area contributed by atoms with E-state index in [1.165, 1.54) is 0 Å². The van der Waals surface area contributed by atoms with Crippen molar-refractivity contribution in [3.63, 3.8) is 0 Å². The molecule has 3 heterocycles. The molecule has 2 unspecified atom stereocenters. The third-order valence-corrected chi connectivity index (χ3v) is 5.65. The van der Waals surface area contributed by atoms with Crippen molar-refractivity contribution in [3.05, 3.63) is 0 Å². The average Bonchev–Trinajstić information content (AvgIpc) is 2.95. The molecule has 0 bridgehead atoms. The molecule has 142 valence electrons. The molecule has 0 aromatic rings. The summed E-state index contributed by atoms with van der Waals surface area (Å²) in [6.45, 7) is 12.4. The molecule has 1 spiro atoms. The van der Waals surface area contributed by atoms with Crippen LogP contribution in [0, 0.1) is 5.41 Å². The Kier molecular flexibility index (Phi) is 6.17. The van der Waals surface area contributed by atoms with Gasteiger partial charge in [-0.15, -0.1) is 0 Å². The Morgan fingerprint density at radius 2 is 2.36 bits per heavy atom. The van der Waals surface area contributed by atoms with Crippen LogP contribution >= 0.6 is 0 Å². The van der Waals surface area contributed by atoms with Crippen LogP contribution in [0.1, 0.15) is 33.1 Å². The molecule has 0 aromatic carbocycles. The predicted molar refractivity (Wildman–Crippen MR) is 98.7 cm³/mol. The molecule has 0 aliphatic carbocycles. The zero-order chi connectivity index (χ0) is 17.7. The minimum absolute atomic E-state index is 0.101. The van der Waals surface area contributed by atoms with Crippen LogP contribution < -0.4 is 10.6 Å². The van der Waals surface area contributed by atoms with Crippen molar-refractivity contribution in [2.75, 3.05) is 59.0 Å². The first kappa shape index (κ1) is 18.5. The second-order valence-electron chi connectivity index (χ2n) is 7.67. The van der Waals surface area contributed by atoms with E-state index < -0.39 is 0 Å². The van der Waals surface area contributed by atoms with E-state index in [1.54, 1.807) is 0 Å². The molecule has 7 heteroatoms. The van der Waals surface area contributed by atoms with Crippen molar-refractivity contribution in [1.82, 2.24) is 20.4 Å². The average molecular weight is 351 g/mol. The molecule has 2 N–H and O–H groups in total. The Labute approximate surface area is 151 Å². The number of rotatable bonds is 4. The number of carbonyl (C=O) groups excluding carboxylic acids is 1. The lowest BCUT2D eigenvalue weighted by molar-refractivity contribution is -0.119. The van der Waals surface area contributed by atoms with Gasteiger partial charge in [-0.3, -0.25) is 14.7 Å². The Balaban J connectivity index is 1.58. The number of amides is 1. The number of nitrogens with one attached hydrogen (secondary N) is 2. The van der Waals surface area contributed by atoms with Gasteiger partial charge in [-0.25, -0.2) is 0 Å². The van der Waals surface area contributed by atoms with Gasteiger partial charge in [-0.05, 0) is 26.7 Å². The molecule has 2 atom stereocenters. The van der Waals surface area contributed by atoms with Gasteiger partial charge in [0.05, 0.1) is 19.8 Å². The number of likely N-dealkylation sites (tertiary alicyclic amines) is 1. The van der Waals surface area contributed by atoms with Gasteiger partial charge in [-0.1, -0.05) is 0 Å². The molecule has 25 heavy (non-hydrogen) atoms. The summed E-state index contributed by atoms with van der Waals surface area (Å²) in [5.41, 5.74) is 0.101. The van der Waals surface area contributed by atoms with Gasteiger partial charge >= 0.3 is 0 Å². The van der Waals surface area contributed by atoms with E-state index in [-0.39, 0.29) is 11.3 Å². The summed E-state index contributed by atoms with van der Waals surface area (Å²) < 4.78 is 5.50. The molecular weight excluding hydrogens is 318 g/mol. The minimum atomic E-state index is 0.101. The Morgan fingerprint density at radius 3 is 3.08 bits per heavy atom. The number of hydrogen-bond donors (Lipinski definition) is 2. The molecule has 3 saturated heterocycles. The highest BCUT2D eigenvalue weighted by Gasteiger charge is 2.42. The van der Waals surface area contributed by atoms with Gasteiger partial charge < -0.3 is 20.3 Å². The summed E-state index contributed by atoms with van der Waals surface area (Å²) in [4.78, 5) is 21.4. The number of nitrogens with zero attached hydrogens (tertiary/aromatic N) is 3. The van der Waals surface area contributed by atoms with Crippen molar-refractivity contribution in [2.24, 2.45) is 10.4 Å². The molecule has 0 saturated carbocycles. The zero-order valence-corrected chi connectivity index (χ0v) is 15.7. The Morgan fingerprint density at radius 1 is 1.48 bits per heavy atom. The maximum atomic E-state index is 11.7. The largest absolute Gasteiger partial charge is 0.379 e. The molecular formula is C18H33N5O2. The minimum Gasteiger partial charge on any atom is -0.379 e. The third-order valence-electron chi connectivity index (χ3n) is 5.65. The summed E-state index contributed by atoms with van der Waals surface area (Å²) >= 11 is 0. The van der Waals surface area contributed by atoms with Crippen LogP contribution in [0.5, 0.6) is 0 Å². The van der Waals surface area contributed by atoms with Crippen LogP contribution in [0.4, 0.5) is 0 Å². The SMILES string of the molecule is CCNC(=NCCN1CCOCC1C)N1CCCC2(CNC(=O)C2)C1. The van der Waals surface area contributed by atoms with Crippen molar-refractivity contribution in [1.29, 1.82) is 0 Å². The molecule has 1 amide bonds. The summed E-state index contributed by atoms with van der Waals surface area (Å²) in [7, 11) is 0. The van der Waals surface area contributed by atoms with E-state index in [4.69, 9.17) is 9.73 Å². The van der Waals surface area contributed by atoms with Crippen LogP contribution in [-0.2, 0) is 9.53 Å². The number of carbonyl (C=O) groups is 1. The fourth-order valence-corrected chi connectivity index (χ4v) is 4.23. The molecule has 3 rings (SSSR count). The lowest BCUT2D eigenvalue weighted by Crippen LogP contribution is -2.51. The van der Waals surface area contributed by atoms with Crippen molar-refractivity contribution >= 4 is 11.9 Å². The number of aliphatic imine (C=N–C) groups is 1. The lowest BCUT2D eigenvalue weighted by Gasteiger charge is -2.41. The summed E-state index contributed by atoms with van der Waals surface area (Å²) in [6.07, 6.45) is 2.92. The number of guanidine groups is 1. The molecule has 0 aromatic heterocycles. The monoisotopic (exact) mass is 351 g/mol. The summed E-state index contributed by atoms with van der Waals surface area (Å²) in [5, 5.41) is 6.46. The van der Waals surface area contributed by atoms with Crippen LogP contribution in [0.25, 0.3) is 0 Å². The number of ether oxygens (including phenoxy) is 1. The van der Waals surface area contributed by atoms with Gasteiger partial charge in [0.1, 0.15) is 0 Å². The van der Waals surface area contributed by atoms with Crippen molar-refractivity contribution in [2.45, 2.75) is 39.2 Å². The first-order chi connectivity index (χ1) is 12.1. The van der Waals surface area contributed by atoms with Crippen LogP contribution in [-0.4, -0.2) is 86.7 Å². The number of hydrogen-bond acceptors (Lipinski definition) is 4. The first-order valence-corrected chi connectivity index (χ1v) is 9.74. The predicted octanol–water partition coefficient (Wildman–Crippen LogP) is 0.275. The fourth-order valence-electron chi connectivity index (χ4n) is 4.23. The molecule has 0 radical (unpaired) electrons. The van der Waals surface area contributed by atoms with Gasteiger partial charge in [0.2, 0.25) is 5.91 Å². The quantitative estimate of drug-likeness (QED) is 0.562. The maximum absolute atomic E-state index is 11.7. The number of piperidine rings is 1. The van der Waals surface area contributed by atoms with E-state index >= 15 is 0 Å². The van der Waals surface area contributed by atoms with Crippen LogP contribution in [0.2, 0.25) is 0 Å². The maximum Gasteiger partial charge on any atom is 0.220 e. The van der Waals surface area contributed by atoms with Crippen molar-refractivity contribution in [3.8, 4) is 0 Å². The molecule has 3 aliphatic heterocycles. The van der Waals surface area contributed by atoms with Gasteiger partial charge in [0.25, 0.3) is 0 Å². The van der Waals surface area contributed by atoms with Crippen LogP contribution in [0.15, 0.2) is 4.99 Å². The third kappa shape index (κ3) is 4.64. The van der Waals surface area contributed by atoms with E-state index in [0.29, 0.717) is 12.5 Å². The highest BCUT2D eigenvalue weighted by molar-refractivity contribution is 5.81. The van der Waals surface area contributed by atoms with Gasteiger partial charge in [0.15, 0.2) is 5.96 Å². The second-order valence-corrected chi connectivity index (χ2v) is 7.67. The fraction of sp³-hybridized carbons (Fsp3) is 0.889. The van der Waals surface area contributed by atoms with Crippen molar-refractivity contribution < 1.29 is 9.53 Å². The highest BCUT2D eigenvalue weighted by atomic mass is 16.5. The van der Waals surface area contributed by atoms with E-state index in [1.807, 2.05) is 0 Å². The smallest absolute Gasteiger partial charge is 0.220 e. The highest BCUT2D eigenvalue weighted by Crippen LogP contribution is 2.35. The summed E-state index contributed by atoms with van der Waals surface area (Å²) in [6, 6.07) is 0.473. The Hall–Kier alpha value is -1.34. The first-order valence-electron chi connectivity index (χ1n) is 9.74. The Bertz CT molecular complexity index is 498. The number of morpholine rings is 1. The second kappa shape index (κ2) is 8.36. The van der Waals surface area contributed by atoms with E-state index in [9.17, 15) is 4.79 Å². The summed E-state index contributed by atoms with van der Waals surface area (Å²) in [5.74, 6) is 1.20. The van der Waals surface area contributed by atoms with Gasteiger partial charge in [-0.2, -0.15) is 0 Å². The van der Waals surface area contributed by atoms with E-state index in [2.05, 4.69) is 34.3 Å². The van der Waals surface area contributed by atoms with E-state index in [0.717, 1.165) is 77.8 Å². The zero-order valence-electron chi connectivity index (χ0n) is 15.7. The van der Waals surface area contributed by atoms with Gasteiger partial charge in [0, 0.05) is 57.1 Å². The normalized spacial score (nSPS) is 31.4. The molecule has 3 aliphatic rings. The standard InChI is InChI=1S/C18H33N5O2/c1-3-19-17(20-6-8-22-9-10-25-12-15(22)2)23-7-4-5-18(14-23)11-16(24)21-13-18/h15H,3-14H2,1-2H3,(H,19,20)(H,21,24). The molecule has 7 nitrogen and oxygen atoms in total. The van der Waals surface area contributed by atoms with Crippen LogP contribution in [0.3, 0.4) is 0 Å². The molecule has 3 fully saturated rings. The topological polar surface area (TPSA) is 69.2 Å².